The molecule has 1 heterocycles. The van der Waals surface area contributed by atoms with Crippen molar-refractivity contribution in [2.45, 2.75) is 25.3 Å². The second-order valence-corrected chi connectivity index (χ2v) is 8.63. The van der Waals surface area contributed by atoms with E-state index in [1.165, 1.54) is 11.1 Å². The number of amides is 1. The average Bonchev–Trinajstić information content (AvgIpc) is 3.10. The molecule has 0 fully saturated rings. The Hall–Kier alpha value is -3.40. The maximum atomic E-state index is 12.7. The van der Waals surface area contributed by atoms with Gasteiger partial charge in [-0.15, -0.1) is 0 Å². The number of anilines is 1. The summed E-state index contributed by atoms with van der Waals surface area (Å²) >= 11 is 0. The third kappa shape index (κ3) is 4.95. The fourth-order valence-corrected chi connectivity index (χ4v) is 3.86. The summed E-state index contributed by atoms with van der Waals surface area (Å²) in [5.74, 6) is -1.62. The van der Waals surface area contributed by atoms with Crippen LogP contribution < -0.4 is 4.72 Å². The predicted molar refractivity (Wildman–Crippen MR) is 111 cm³/mol. The van der Waals surface area contributed by atoms with Crippen molar-refractivity contribution < 1.29 is 28.2 Å². The van der Waals surface area contributed by atoms with E-state index < -0.39 is 27.9 Å². The second kappa shape index (κ2) is 8.54. The summed E-state index contributed by atoms with van der Waals surface area (Å²) in [5.41, 5.74) is 1.70. The molecule has 0 aromatic heterocycles. The molecule has 2 aromatic rings. The van der Waals surface area contributed by atoms with Crippen molar-refractivity contribution in [1.29, 1.82) is 0 Å². The van der Waals surface area contributed by atoms with Crippen LogP contribution in [0.4, 0.5) is 5.69 Å². The lowest BCUT2D eigenvalue weighted by Gasteiger charge is -2.24. The number of nitrogens with one attached hydrogen (secondary N) is 1. The number of hydrogen-bond acceptors (Lipinski definition) is 6. The van der Waals surface area contributed by atoms with Crippen LogP contribution in [0, 0.1) is 0 Å². The van der Waals surface area contributed by atoms with Gasteiger partial charge in [-0.3, -0.25) is 14.3 Å². The first-order valence-electron chi connectivity index (χ1n) is 9.12. The van der Waals surface area contributed by atoms with Crippen LogP contribution in [0.15, 0.2) is 53.6 Å². The first kappa shape index (κ1) is 21.3. The van der Waals surface area contributed by atoms with Gasteiger partial charge in [-0.2, -0.15) is 5.10 Å². The van der Waals surface area contributed by atoms with Gasteiger partial charge in [-0.05, 0) is 18.2 Å². The Morgan fingerprint density at radius 3 is 2.47 bits per heavy atom. The van der Waals surface area contributed by atoms with E-state index in [1.54, 1.807) is 42.5 Å². The Kier molecular flexibility index (Phi) is 6.06. The van der Waals surface area contributed by atoms with Crippen LogP contribution in [-0.4, -0.2) is 47.5 Å². The summed E-state index contributed by atoms with van der Waals surface area (Å²) in [6, 6.07) is 12.5. The van der Waals surface area contributed by atoms with E-state index in [-0.39, 0.29) is 25.0 Å². The van der Waals surface area contributed by atoms with Crippen LogP contribution in [-0.2, 0) is 19.6 Å². The summed E-state index contributed by atoms with van der Waals surface area (Å²) in [4.78, 5) is 23.6. The number of carbonyl (C=O) groups is 2. The Morgan fingerprint density at radius 1 is 1.13 bits per heavy atom. The predicted octanol–water partition coefficient (Wildman–Crippen LogP) is 2.31. The number of phenols is 1. The molecular weight excluding hydrogens is 410 g/mol. The van der Waals surface area contributed by atoms with Crippen LogP contribution in [0.2, 0.25) is 0 Å². The number of carboxylic acid groups (broad SMARTS) is 1. The second-order valence-electron chi connectivity index (χ2n) is 6.88. The van der Waals surface area contributed by atoms with Crippen LogP contribution in [0.3, 0.4) is 0 Å². The van der Waals surface area contributed by atoms with E-state index in [9.17, 15) is 23.1 Å². The van der Waals surface area contributed by atoms with Crippen molar-refractivity contribution in [3.8, 4) is 5.75 Å². The normalized spacial score (nSPS) is 16.2. The van der Waals surface area contributed by atoms with Gasteiger partial charge in [0, 0.05) is 24.0 Å². The lowest BCUT2D eigenvalue weighted by molar-refractivity contribution is -0.141. The molecule has 1 aliphatic rings. The van der Waals surface area contributed by atoms with Gasteiger partial charge in [-0.25, -0.2) is 13.4 Å². The minimum absolute atomic E-state index is 0.00242. The largest absolute Gasteiger partial charge is 0.507 e. The topological polar surface area (TPSA) is 136 Å². The van der Waals surface area contributed by atoms with Gasteiger partial charge >= 0.3 is 5.97 Å². The molecule has 0 unspecified atom stereocenters. The number of para-hydroxylation sites is 2. The standard InChI is InChI=1S/C20H21N3O6S/c1-30(28,29)22-15-8-4-2-6-13(15)17-12-16(14-7-3-5-9-18(14)24)21-23(17)19(25)10-11-20(26)27/h2-9,17,22,24H,10-12H2,1H3,(H,26,27)/t17-/m0/s1. The van der Waals surface area contributed by atoms with Crippen molar-refractivity contribution in [2.24, 2.45) is 5.10 Å². The lowest BCUT2D eigenvalue weighted by Crippen LogP contribution is -2.28. The zero-order valence-corrected chi connectivity index (χ0v) is 17.0. The van der Waals surface area contributed by atoms with E-state index in [0.29, 0.717) is 22.5 Å². The van der Waals surface area contributed by atoms with E-state index in [4.69, 9.17) is 5.11 Å². The van der Waals surface area contributed by atoms with Gasteiger partial charge in [0.1, 0.15) is 5.75 Å². The highest BCUT2D eigenvalue weighted by atomic mass is 32.2. The number of sulfonamides is 1. The monoisotopic (exact) mass is 431 g/mol. The molecule has 0 aliphatic carbocycles. The number of rotatable bonds is 7. The van der Waals surface area contributed by atoms with Gasteiger partial charge in [0.25, 0.3) is 0 Å². The highest BCUT2D eigenvalue weighted by molar-refractivity contribution is 7.92. The van der Waals surface area contributed by atoms with Gasteiger partial charge in [0.2, 0.25) is 15.9 Å². The van der Waals surface area contributed by atoms with Gasteiger partial charge in [0.15, 0.2) is 0 Å². The van der Waals surface area contributed by atoms with E-state index in [1.807, 2.05) is 0 Å². The summed E-state index contributed by atoms with van der Waals surface area (Å²) < 4.78 is 26.0. The maximum Gasteiger partial charge on any atom is 0.303 e. The molecule has 1 atom stereocenters. The van der Waals surface area contributed by atoms with Crippen molar-refractivity contribution in [3.63, 3.8) is 0 Å². The summed E-state index contributed by atoms with van der Waals surface area (Å²) in [6.45, 7) is 0. The average molecular weight is 431 g/mol. The third-order valence-corrected chi connectivity index (χ3v) is 5.14. The Labute approximate surface area is 173 Å². The molecule has 0 radical (unpaired) electrons. The number of nitrogens with zero attached hydrogens (tertiary/aromatic N) is 2. The first-order chi connectivity index (χ1) is 14.2. The summed E-state index contributed by atoms with van der Waals surface area (Å²) in [7, 11) is -3.57. The van der Waals surface area contributed by atoms with E-state index in [2.05, 4.69) is 9.82 Å². The zero-order valence-electron chi connectivity index (χ0n) is 16.1. The zero-order chi connectivity index (χ0) is 21.9. The molecule has 0 saturated carbocycles. The highest BCUT2D eigenvalue weighted by Crippen LogP contribution is 2.38. The van der Waals surface area contributed by atoms with Crippen LogP contribution in [0.25, 0.3) is 0 Å². The van der Waals surface area contributed by atoms with Gasteiger partial charge < -0.3 is 10.2 Å². The summed E-state index contributed by atoms with van der Waals surface area (Å²) in [5, 5.41) is 24.6. The number of carboxylic acids is 1. The quantitative estimate of drug-likeness (QED) is 0.615. The number of hydrogen-bond donors (Lipinski definition) is 3. The van der Waals surface area contributed by atoms with Crippen LogP contribution >= 0.6 is 0 Å². The number of aliphatic carboxylic acids is 1. The van der Waals surface area contributed by atoms with Crippen molar-refractivity contribution in [3.05, 3.63) is 59.7 Å². The smallest absolute Gasteiger partial charge is 0.303 e. The molecule has 0 spiro atoms. The number of carbonyl (C=O) groups excluding carboxylic acids is 1. The molecule has 158 valence electrons. The molecule has 0 bridgehead atoms. The first-order valence-corrected chi connectivity index (χ1v) is 11.0. The molecule has 3 rings (SSSR count). The summed E-state index contributed by atoms with van der Waals surface area (Å²) in [6.07, 6.45) is 0.634. The molecule has 0 saturated heterocycles. The molecule has 2 aromatic carbocycles. The Morgan fingerprint density at radius 2 is 1.80 bits per heavy atom. The fraction of sp³-hybridized carbons (Fsp3) is 0.250. The minimum atomic E-state index is -3.57. The number of phenolic OH excluding ortho intramolecular Hbond substituents is 1. The number of hydrazone groups is 1. The minimum Gasteiger partial charge on any atom is -0.507 e. The van der Waals surface area contributed by atoms with E-state index in [0.717, 1.165) is 6.26 Å². The van der Waals surface area contributed by atoms with Crippen LogP contribution in [0.1, 0.15) is 36.4 Å². The Bertz CT molecular complexity index is 1110. The van der Waals surface area contributed by atoms with Crippen LogP contribution in [0.5, 0.6) is 5.75 Å². The lowest BCUT2D eigenvalue weighted by atomic mass is 9.96. The molecule has 10 heteroatoms. The Balaban J connectivity index is 2.02. The van der Waals surface area contributed by atoms with Gasteiger partial charge in [0.05, 0.1) is 30.1 Å². The maximum absolute atomic E-state index is 12.7. The molecule has 30 heavy (non-hydrogen) atoms. The number of benzene rings is 2. The van der Waals surface area contributed by atoms with Crippen molar-refractivity contribution in [2.75, 3.05) is 11.0 Å². The van der Waals surface area contributed by atoms with Crippen molar-refractivity contribution >= 4 is 33.3 Å². The van der Waals surface area contributed by atoms with E-state index >= 15 is 0 Å². The number of aromatic hydroxyl groups is 1. The third-order valence-electron chi connectivity index (χ3n) is 4.55. The SMILES string of the molecule is CS(=O)(=O)Nc1ccccc1[C@@H]1CC(c2ccccc2O)=NN1C(=O)CCC(=O)O. The fourth-order valence-electron chi connectivity index (χ4n) is 3.27. The van der Waals surface area contributed by atoms with Gasteiger partial charge in [-0.1, -0.05) is 30.3 Å². The molecule has 1 aliphatic heterocycles. The molecular formula is C20H21N3O6S. The highest BCUT2D eigenvalue weighted by Gasteiger charge is 2.35. The van der Waals surface area contributed by atoms with Crippen molar-refractivity contribution in [1.82, 2.24) is 5.01 Å². The molecule has 9 nitrogen and oxygen atoms in total. The molecule has 1 amide bonds. The molecule has 3 N–H and O–H groups in total.